The second kappa shape index (κ2) is 6.50. The number of hydrogen-bond donors (Lipinski definition) is 1. The van der Waals surface area contributed by atoms with Gasteiger partial charge in [-0.15, -0.1) is 11.3 Å². The van der Waals surface area contributed by atoms with Gasteiger partial charge >= 0.3 is 5.97 Å². The summed E-state index contributed by atoms with van der Waals surface area (Å²) in [4.78, 5) is 29.9. The number of ether oxygens (including phenoxy) is 2. The highest BCUT2D eigenvalue weighted by Gasteiger charge is 2.31. The maximum Gasteiger partial charge on any atom is 0.334 e. The highest BCUT2D eigenvalue weighted by molar-refractivity contribution is 7.13. The second-order valence-corrected chi connectivity index (χ2v) is 5.82. The van der Waals surface area contributed by atoms with E-state index in [0.29, 0.717) is 17.1 Å². The Morgan fingerprint density at radius 1 is 1.57 bits per heavy atom. The standard InChI is InChI=1S/C13H18N2O5S/c1-7-10(21-11(14-7)8(2)19-3)12(16)15-4-5-20-9(6-15)13(17)18/h8-9H,4-6H2,1-3H3,(H,17,18). The zero-order valence-corrected chi connectivity index (χ0v) is 13.0. The lowest BCUT2D eigenvalue weighted by Crippen LogP contribution is -2.48. The topological polar surface area (TPSA) is 89.0 Å². The van der Waals surface area contributed by atoms with Gasteiger partial charge in [-0.05, 0) is 13.8 Å². The molecule has 0 spiro atoms. The number of thiazole rings is 1. The Kier molecular flexibility index (Phi) is 4.92. The van der Waals surface area contributed by atoms with Crippen molar-refractivity contribution in [3.05, 3.63) is 15.6 Å². The first-order valence-electron chi connectivity index (χ1n) is 6.57. The number of carbonyl (C=O) groups is 2. The van der Waals surface area contributed by atoms with E-state index in [1.807, 2.05) is 6.92 Å². The van der Waals surface area contributed by atoms with E-state index < -0.39 is 12.1 Å². The zero-order valence-electron chi connectivity index (χ0n) is 12.2. The Hall–Kier alpha value is -1.51. The molecule has 0 bridgehead atoms. The molecular formula is C13H18N2O5S. The van der Waals surface area contributed by atoms with Gasteiger partial charge in [0.05, 0.1) is 18.8 Å². The molecule has 1 N–H and O–H groups in total. The predicted molar refractivity (Wildman–Crippen MR) is 75.6 cm³/mol. The molecule has 1 saturated heterocycles. The highest BCUT2D eigenvalue weighted by atomic mass is 32.1. The lowest BCUT2D eigenvalue weighted by atomic mass is 10.2. The lowest BCUT2D eigenvalue weighted by molar-refractivity contribution is -0.154. The Labute approximate surface area is 126 Å². The third-order valence-electron chi connectivity index (χ3n) is 3.34. The molecule has 2 atom stereocenters. The smallest absolute Gasteiger partial charge is 0.334 e. The fourth-order valence-electron chi connectivity index (χ4n) is 2.02. The quantitative estimate of drug-likeness (QED) is 0.894. The minimum absolute atomic E-state index is 0.0562. The van der Waals surface area contributed by atoms with Crippen LogP contribution in [0, 0.1) is 6.92 Å². The molecule has 1 fully saturated rings. The van der Waals surface area contributed by atoms with E-state index in [9.17, 15) is 9.59 Å². The van der Waals surface area contributed by atoms with Crippen LogP contribution in [0.3, 0.4) is 0 Å². The summed E-state index contributed by atoms with van der Waals surface area (Å²) in [5.41, 5.74) is 0.641. The molecule has 2 rings (SSSR count). The molecule has 1 aromatic rings. The number of aromatic nitrogens is 1. The van der Waals surface area contributed by atoms with Crippen molar-refractivity contribution in [1.82, 2.24) is 9.88 Å². The van der Waals surface area contributed by atoms with Gasteiger partial charge in [0.2, 0.25) is 0 Å². The third kappa shape index (κ3) is 3.39. The van der Waals surface area contributed by atoms with E-state index >= 15 is 0 Å². The van der Waals surface area contributed by atoms with Crippen molar-refractivity contribution in [3.63, 3.8) is 0 Å². The minimum Gasteiger partial charge on any atom is -0.479 e. The van der Waals surface area contributed by atoms with E-state index in [2.05, 4.69) is 4.98 Å². The number of carbonyl (C=O) groups excluding carboxylic acids is 1. The van der Waals surface area contributed by atoms with Crippen LogP contribution in [0.2, 0.25) is 0 Å². The van der Waals surface area contributed by atoms with Gasteiger partial charge in [-0.1, -0.05) is 0 Å². The van der Waals surface area contributed by atoms with Crippen LogP contribution in [0.5, 0.6) is 0 Å². The van der Waals surface area contributed by atoms with Crippen molar-refractivity contribution >= 4 is 23.2 Å². The summed E-state index contributed by atoms with van der Waals surface area (Å²) >= 11 is 1.29. The highest BCUT2D eigenvalue weighted by Crippen LogP contribution is 2.26. The molecule has 116 valence electrons. The van der Waals surface area contributed by atoms with E-state index in [1.165, 1.54) is 16.2 Å². The largest absolute Gasteiger partial charge is 0.479 e. The van der Waals surface area contributed by atoms with Gasteiger partial charge in [0.1, 0.15) is 16.0 Å². The van der Waals surface area contributed by atoms with Gasteiger partial charge in [0, 0.05) is 13.7 Å². The maximum atomic E-state index is 12.5. The fraction of sp³-hybridized carbons (Fsp3) is 0.615. The number of nitrogens with zero attached hydrogens (tertiary/aromatic N) is 2. The van der Waals surface area contributed by atoms with E-state index in [1.54, 1.807) is 14.0 Å². The molecule has 0 aromatic carbocycles. The Bertz CT molecular complexity index is 545. The molecule has 1 aromatic heterocycles. The van der Waals surface area contributed by atoms with Crippen LogP contribution in [-0.4, -0.2) is 59.8 Å². The predicted octanol–water partition coefficient (Wildman–Crippen LogP) is 1.08. The molecule has 2 unspecified atom stereocenters. The third-order valence-corrected chi connectivity index (χ3v) is 4.64. The molecule has 0 radical (unpaired) electrons. The van der Waals surface area contributed by atoms with Gasteiger partial charge in [-0.3, -0.25) is 4.79 Å². The zero-order chi connectivity index (χ0) is 15.6. The van der Waals surface area contributed by atoms with Crippen LogP contribution in [0.25, 0.3) is 0 Å². The maximum absolute atomic E-state index is 12.5. The van der Waals surface area contributed by atoms with Crippen molar-refractivity contribution in [2.45, 2.75) is 26.1 Å². The summed E-state index contributed by atoms with van der Waals surface area (Å²) in [6.45, 7) is 4.30. The van der Waals surface area contributed by atoms with Crippen LogP contribution in [-0.2, 0) is 14.3 Å². The lowest BCUT2D eigenvalue weighted by Gasteiger charge is -2.30. The van der Waals surface area contributed by atoms with Crippen LogP contribution < -0.4 is 0 Å². The monoisotopic (exact) mass is 314 g/mol. The molecule has 7 nitrogen and oxygen atoms in total. The average molecular weight is 314 g/mol. The number of rotatable bonds is 4. The first-order chi connectivity index (χ1) is 9.93. The summed E-state index contributed by atoms with van der Waals surface area (Å²) in [6, 6.07) is 0. The minimum atomic E-state index is -1.05. The molecule has 1 amide bonds. The molecule has 1 aliphatic heterocycles. The number of morpholine rings is 1. The van der Waals surface area contributed by atoms with Crippen LogP contribution in [0.1, 0.15) is 33.4 Å². The second-order valence-electron chi connectivity index (χ2n) is 4.79. The first-order valence-corrected chi connectivity index (χ1v) is 7.39. The number of amides is 1. The number of hydrogen-bond acceptors (Lipinski definition) is 6. The summed E-state index contributed by atoms with van der Waals surface area (Å²) < 4.78 is 10.3. The van der Waals surface area contributed by atoms with Crippen molar-refractivity contribution in [1.29, 1.82) is 0 Å². The van der Waals surface area contributed by atoms with Gasteiger partial charge in [-0.25, -0.2) is 9.78 Å². The van der Waals surface area contributed by atoms with Crippen molar-refractivity contribution < 1.29 is 24.2 Å². The van der Waals surface area contributed by atoms with Gasteiger partial charge in [-0.2, -0.15) is 0 Å². The van der Waals surface area contributed by atoms with E-state index in [-0.39, 0.29) is 25.2 Å². The first kappa shape index (κ1) is 15.9. The summed E-state index contributed by atoms with van der Waals surface area (Å²) in [5.74, 6) is -1.25. The molecule has 0 saturated carbocycles. The molecule has 0 aliphatic carbocycles. The number of aliphatic carboxylic acids is 1. The molecule has 21 heavy (non-hydrogen) atoms. The van der Waals surface area contributed by atoms with Crippen molar-refractivity contribution in [2.24, 2.45) is 0 Å². The molecule has 1 aliphatic rings. The summed E-state index contributed by atoms with van der Waals surface area (Å²) in [7, 11) is 1.59. The fourth-order valence-corrected chi connectivity index (χ4v) is 3.08. The summed E-state index contributed by atoms with van der Waals surface area (Å²) in [6.07, 6.45) is -1.14. The van der Waals surface area contributed by atoms with Crippen LogP contribution >= 0.6 is 11.3 Å². The number of aryl methyl sites for hydroxylation is 1. The van der Waals surface area contributed by atoms with Gasteiger partial charge in [0.15, 0.2) is 6.10 Å². The Morgan fingerprint density at radius 2 is 2.29 bits per heavy atom. The van der Waals surface area contributed by atoms with Crippen LogP contribution in [0.4, 0.5) is 0 Å². The van der Waals surface area contributed by atoms with E-state index in [0.717, 1.165) is 5.01 Å². The molecule has 2 heterocycles. The number of carboxylic acids is 1. The summed E-state index contributed by atoms with van der Waals surface area (Å²) in [5, 5.41) is 9.72. The van der Waals surface area contributed by atoms with Crippen molar-refractivity contribution in [2.75, 3.05) is 26.8 Å². The van der Waals surface area contributed by atoms with Crippen LogP contribution in [0.15, 0.2) is 0 Å². The number of carboxylic acid groups (broad SMARTS) is 1. The normalized spacial score (nSPS) is 20.3. The molecular weight excluding hydrogens is 296 g/mol. The van der Waals surface area contributed by atoms with Gasteiger partial charge in [0.25, 0.3) is 5.91 Å². The molecule has 8 heteroatoms. The van der Waals surface area contributed by atoms with Crippen molar-refractivity contribution in [3.8, 4) is 0 Å². The van der Waals surface area contributed by atoms with E-state index in [4.69, 9.17) is 14.6 Å². The SMILES string of the molecule is COC(C)c1nc(C)c(C(=O)N2CCOC(C(=O)O)C2)s1. The Balaban J connectivity index is 2.16. The average Bonchev–Trinajstić information content (AvgIpc) is 2.87. The number of methoxy groups -OCH3 is 1. The van der Waals surface area contributed by atoms with Gasteiger partial charge < -0.3 is 19.5 Å². The Morgan fingerprint density at radius 3 is 2.90 bits per heavy atom.